The van der Waals surface area contributed by atoms with E-state index in [2.05, 4.69) is 27.7 Å². The third-order valence-corrected chi connectivity index (χ3v) is 1.67. The molecule has 0 aliphatic carbocycles. The summed E-state index contributed by atoms with van der Waals surface area (Å²) in [6, 6.07) is 0. The first-order valence-electron chi connectivity index (χ1n) is 4.43. The molecule has 0 spiro atoms. The van der Waals surface area contributed by atoms with Crippen LogP contribution in [0.25, 0.3) is 0 Å². The summed E-state index contributed by atoms with van der Waals surface area (Å²) in [7, 11) is 5.20. The maximum absolute atomic E-state index is 9.87. The van der Waals surface area contributed by atoms with Crippen molar-refractivity contribution >= 4 is 14.7 Å². The van der Waals surface area contributed by atoms with Gasteiger partial charge in [-0.1, -0.05) is 6.58 Å². The summed E-state index contributed by atoms with van der Waals surface area (Å²) in [4.78, 5) is 9.49. The van der Waals surface area contributed by atoms with Crippen molar-refractivity contribution < 1.29 is 23.5 Å². The molecule has 0 saturated heterocycles. The van der Waals surface area contributed by atoms with Gasteiger partial charge in [0.1, 0.15) is 13.2 Å². The van der Waals surface area contributed by atoms with Crippen molar-refractivity contribution in [2.75, 3.05) is 34.3 Å². The monoisotopic (exact) mass is 237 g/mol. The van der Waals surface area contributed by atoms with Crippen molar-refractivity contribution in [3.63, 3.8) is 0 Å². The number of likely N-dealkylation sites (N-methyl/N-ethyl adjacent to an activating group) is 1. The van der Waals surface area contributed by atoms with Crippen LogP contribution in [0.5, 0.6) is 0 Å². The second kappa shape index (κ2) is 8.65. The van der Waals surface area contributed by atoms with Gasteiger partial charge in [-0.25, -0.2) is 0 Å². The molecule has 1 unspecified atom stereocenters. The number of rotatable bonds is 5. The highest BCUT2D eigenvalue weighted by Crippen LogP contribution is 1.96. The van der Waals surface area contributed by atoms with Gasteiger partial charge in [-0.2, -0.15) is 0 Å². The van der Waals surface area contributed by atoms with Gasteiger partial charge < -0.3 is 18.9 Å². The van der Waals surface area contributed by atoms with Crippen LogP contribution in [0.1, 0.15) is 6.92 Å². The van der Waals surface area contributed by atoms with Crippen molar-refractivity contribution in [2.45, 2.75) is 6.92 Å². The van der Waals surface area contributed by atoms with Crippen molar-refractivity contribution in [3.05, 3.63) is 12.2 Å². The molecule has 15 heavy (non-hydrogen) atoms. The van der Waals surface area contributed by atoms with Crippen molar-refractivity contribution in [1.29, 1.82) is 0 Å². The van der Waals surface area contributed by atoms with Gasteiger partial charge in [-0.3, -0.25) is 4.57 Å². The van der Waals surface area contributed by atoms with Crippen LogP contribution in [-0.4, -0.2) is 44.7 Å². The summed E-state index contributed by atoms with van der Waals surface area (Å²) in [6.45, 7) is 5.99. The van der Waals surface area contributed by atoms with Crippen LogP contribution in [-0.2, 0) is 13.9 Å². The molecule has 0 heterocycles. The summed E-state index contributed by atoms with van der Waals surface area (Å²) >= 11 is 0. The molecule has 0 N–H and O–H groups in total. The molecular weight excluding hydrogens is 217 g/mol. The Morgan fingerprint density at radius 1 is 1.47 bits per heavy atom. The lowest BCUT2D eigenvalue weighted by atomic mass is 10.4. The molecule has 90 valence electrons. The number of nitrogens with zero attached hydrogens (tertiary/aromatic N) is 1. The zero-order chi connectivity index (χ0) is 12.5. The first-order chi connectivity index (χ1) is 6.70. The molecule has 0 fully saturated rings. The standard InChI is InChI=1S/C5H15NO2P.C4H6O2/c1-6(2,3)4-5-8-9-7;1-3(2)4(5)6/h4-5,9H2,1-3H3;1H2,2H3,(H,5,6)/q+1;/p-1. The number of quaternary nitrogens is 1. The molecule has 0 aromatic carbocycles. The van der Waals surface area contributed by atoms with Gasteiger partial charge in [0, 0.05) is 0 Å². The Balaban J connectivity index is 0. The highest BCUT2D eigenvalue weighted by Gasteiger charge is 2.04. The molecule has 1 atom stereocenters. The molecule has 6 heteroatoms. The molecule has 0 aliphatic heterocycles. The lowest BCUT2D eigenvalue weighted by Crippen LogP contribution is -2.37. The smallest absolute Gasteiger partial charge is 0.180 e. The Hall–Kier alpha value is -0.640. The molecule has 0 aromatic heterocycles. The largest absolute Gasteiger partial charge is 0.545 e. The van der Waals surface area contributed by atoms with E-state index in [1.54, 1.807) is 0 Å². The summed E-state index contributed by atoms with van der Waals surface area (Å²) < 4.78 is 15.5. The second-order valence-corrected chi connectivity index (χ2v) is 4.57. The lowest BCUT2D eigenvalue weighted by molar-refractivity contribution is -0.870. The molecule has 0 saturated carbocycles. The number of hydrogen-bond acceptors (Lipinski definition) is 4. The molecule has 0 amide bonds. The van der Waals surface area contributed by atoms with Crippen LogP contribution >= 0.6 is 8.69 Å². The average molecular weight is 237 g/mol. The Bertz CT molecular complexity index is 211. The van der Waals surface area contributed by atoms with Gasteiger partial charge in [0.15, 0.2) is 8.69 Å². The fourth-order valence-corrected chi connectivity index (χ4v) is 0.576. The number of carboxylic acids is 1. The number of carbonyl (C=O) groups is 1. The number of hydrogen-bond donors (Lipinski definition) is 0. The summed E-state index contributed by atoms with van der Waals surface area (Å²) in [5.74, 6) is -1.19. The van der Waals surface area contributed by atoms with Crippen LogP contribution in [0.15, 0.2) is 12.2 Å². The van der Waals surface area contributed by atoms with E-state index in [9.17, 15) is 14.5 Å². The fraction of sp³-hybridized carbons (Fsp3) is 0.667. The summed E-state index contributed by atoms with van der Waals surface area (Å²) in [5, 5.41) is 9.49. The van der Waals surface area contributed by atoms with Crippen LogP contribution in [0.3, 0.4) is 0 Å². The Morgan fingerprint density at radius 3 is 2.07 bits per heavy atom. The zero-order valence-corrected chi connectivity index (χ0v) is 10.9. The van der Waals surface area contributed by atoms with Crippen molar-refractivity contribution in [1.82, 2.24) is 0 Å². The first-order valence-corrected chi connectivity index (χ1v) is 5.37. The van der Waals surface area contributed by atoms with Crippen LogP contribution in [0.2, 0.25) is 0 Å². The molecule has 0 aromatic rings. The third-order valence-electron chi connectivity index (χ3n) is 1.30. The quantitative estimate of drug-likeness (QED) is 0.285. The van der Waals surface area contributed by atoms with Crippen LogP contribution in [0.4, 0.5) is 0 Å². The molecule has 0 aliphatic rings. The molecule has 0 rings (SSSR count). The van der Waals surface area contributed by atoms with Gasteiger partial charge in [0.25, 0.3) is 0 Å². The maximum Gasteiger partial charge on any atom is 0.180 e. The minimum absolute atomic E-state index is 0.0648. The van der Waals surface area contributed by atoms with E-state index < -0.39 is 14.7 Å². The van der Waals surface area contributed by atoms with Crippen LogP contribution < -0.4 is 5.11 Å². The number of carbonyl (C=O) groups excluding carboxylic acids is 1. The molecule has 5 nitrogen and oxygen atoms in total. The van der Waals surface area contributed by atoms with Crippen LogP contribution in [0, 0.1) is 0 Å². The molecular formula is C9H20NO4P. The summed E-state index contributed by atoms with van der Waals surface area (Å²) in [5.41, 5.74) is 0.0648. The average Bonchev–Trinajstić information content (AvgIpc) is 2.03. The third kappa shape index (κ3) is 19.7. The highest BCUT2D eigenvalue weighted by molar-refractivity contribution is 7.17. The summed E-state index contributed by atoms with van der Waals surface area (Å²) in [6.07, 6.45) is 0. The van der Waals surface area contributed by atoms with Gasteiger partial charge in [-0.15, -0.1) is 0 Å². The highest BCUT2D eigenvalue weighted by atomic mass is 31.1. The fourth-order valence-electron chi connectivity index (χ4n) is 0.375. The van der Waals surface area contributed by atoms with Crippen molar-refractivity contribution in [3.8, 4) is 0 Å². The predicted molar refractivity (Wildman–Crippen MR) is 59.1 cm³/mol. The van der Waals surface area contributed by atoms with Gasteiger partial charge in [0.2, 0.25) is 0 Å². The van der Waals surface area contributed by atoms with Gasteiger partial charge in [-0.05, 0) is 12.5 Å². The Labute approximate surface area is 92.2 Å². The number of aliphatic carboxylic acids is 1. The van der Waals surface area contributed by atoms with Gasteiger partial charge >= 0.3 is 0 Å². The van der Waals surface area contributed by atoms with E-state index in [1.165, 1.54) is 6.92 Å². The van der Waals surface area contributed by atoms with Crippen molar-refractivity contribution in [2.24, 2.45) is 0 Å². The Morgan fingerprint density at radius 2 is 1.87 bits per heavy atom. The van der Waals surface area contributed by atoms with Gasteiger partial charge in [0.05, 0.1) is 27.1 Å². The minimum Gasteiger partial charge on any atom is -0.545 e. The second-order valence-electron chi connectivity index (χ2n) is 4.05. The van der Waals surface area contributed by atoms with E-state index >= 15 is 0 Å². The number of carboxylic acid groups (broad SMARTS) is 1. The maximum atomic E-state index is 9.87. The van der Waals surface area contributed by atoms with E-state index in [0.29, 0.717) is 6.61 Å². The Kier molecular flexibility index (Phi) is 9.68. The first kappa shape index (κ1) is 16.8. The van der Waals surface area contributed by atoms with E-state index in [4.69, 9.17) is 4.52 Å². The zero-order valence-electron chi connectivity index (χ0n) is 9.78. The molecule has 0 bridgehead atoms. The van der Waals surface area contributed by atoms with E-state index in [0.717, 1.165) is 11.0 Å². The predicted octanol–water partition coefficient (Wildman–Crippen LogP) is -0.307. The molecule has 0 radical (unpaired) electrons. The minimum atomic E-state index is -1.19. The lowest BCUT2D eigenvalue weighted by Gasteiger charge is -2.22. The SMILES string of the molecule is C=C(C)C(=O)[O-].C[N+](C)(C)CCO[PH2]=O. The topological polar surface area (TPSA) is 66.4 Å². The normalized spacial score (nSPS) is 10.9. The van der Waals surface area contributed by atoms with E-state index in [1.807, 2.05) is 0 Å². The van der Waals surface area contributed by atoms with E-state index in [-0.39, 0.29) is 5.57 Å².